The molecule has 0 fully saturated rings. The van der Waals surface area contributed by atoms with E-state index in [0.29, 0.717) is 37.8 Å². The van der Waals surface area contributed by atoms with Crippen LogP contribution in [0.15, 0.2) is 65.4 Å². The average molecular weight is 467 g/mol. The number of aliphatic hydroxyl groups is 1. The number of aromatic nitrogens is 4. The van der Waals surface area contributed by atoms with E-state index in [4.69, 9.17) is 0 Å². The summed E-state index contributed by atoms with van der Waals surface area (Å²) < 4.78 is 3.00. The van der Waals surface area contributed by atoms with Gasteiger partial charge >= 0.3 is 0 Å². The van der Waals surface area contributed by atoms with Gasteiger partial charge < -0.3 is 20.3 Å². The zero-order valence-corrected chi connectivity index (χ0v) is 18.0. The highest BCUT2D eigenvalue weighted by Gasteiger charge is 2.13. The molecule has 2 aromatic heterocycles. The van der Waals surface area contributed by atoms with Crippen LogP contribution in [0.2, 0.25) is 0 Å². The Morgan fingerprint density at radius 3 is 2.40 bits per heavy atom. The third kappa shape index (κ3) is 4.95. The van der Waals surface area contributed by atoms with E-state index in [9.17, 15) is 5.11 Å². The maximum absolute atomic E-state index is 9.19. The summed E-state index contributed by atoms with van der Waals surface area (Å²) in [6.07, 6.45) is 2.39. The van der Waals surface area contributed by atoms with Gasteiger partial charge in [0.2, 0.25) is 5.95 Å². The van der Waals surface area contributed by atoms with Crippen molar-refractivity contribution in [1.29, 1.82) is 0 Å². The smallest absolute Gasteiger partial charge is 0.227 e. The minimum absolute atomic E-state index is 0.124. The van der Waals surface area contributed by atoms with Crippen molar-refractivity contribution in [3.8, 4) is 0 Å². The van der Waals surface area contributed by atoms with Crippen LogP contribution in [0.4, 0.5) is 11.8 Å². The Morgan fingerprint density at radius 1 is 0.900 bits per heavy atom. The van der Waals surface area contributed by atoms with Crippen molar-refractivity contribution in [2.45, 2.75) is 26.1 Å². The molecule has 0 unspecified atom stereocenters. The monoisotopic (exact) mass is 466 g/mol. The molecule has 7 nitrogen and oxygen atoms in total. The van der Waals surface area contributed by atoms with E-state index < -0.39 is 0 Å². The van der Waals surface area contributed by atoms with Gasteiger partial charge in [-0.05, 0) is 29.7 Å². The Bertz CT molecular complexity index is 1100. The summed E-state index contributed by atoms with van der Waals surface area (Å²) in [7, 11) is 0. The Labute approximate surface area is 183 Å². The van der Waals surface area contributed by atoms with Gasteiger partial charge in [0, 0.05) is 30.7 Å². The number of benzene rings is 2. The van der Waals surface area contributed by atoms with Gasteiger partial charge in [-0.15, -0.1) is 0 Å². The van der Waals surface area contributed by atoms with E-state index in [0.717, 1.165) is 26.8 Å². The van der Waals surface area contributed by atoms with Crippen molar-refractivity contribution in [3.63, 3.8) is 0 Å². The second-order valence-corrected chi connectivity index (χ2v) is 7.82. The summed E-state index contributed by atoms with van der Waals surface area (Å²) >= 11 is 3.46. The zero-order valence-electron chi connectivity index (χ0n) is 16.4. The van der Waals surface area contributed by atoms with Crippen molar-refractivity contribution in [1.82, 2.24) is 19.5 Å². The van der Waals surface area contributed by atoms with E-state index >= 15 is 0 Å². The molecule has 0 aliphatic carbocycles. The lowest BCUT2D eigenvalue weighted by molar-refractivity contribution is 0.280. The summed E-state index contributed by atoms with van der Waals surface area (Å²) in [6.45, 7) is 2.02. The highest BCUT2D eigenvalue weighted by Crippen LogP contribution is 2.22. The van der Waals surface area contributed by atoms with Crippen molar-refractivity contribution in [2.24, 2.45) is 0 Å². The molecule has 2 aromatic carbocycles. The maximum Gasteiger partial charge on any atom is 0.227 e. The van der Waals surface area contributed by atoms with Crippen LogP contribution in [-0.2, 0) is 19.6 Å². The molecule has 0 saturated heterocycles. The number of aliphatic hydroxyl groups excluding tert-OH is 1. The molecule has 0 bridgehead atoms. The summed E-state index contributed by atoms with van der Waals surface area (Å²) in [5.41, 5.74) is 3.76. The van der Waals surface area contributed by atoms with Gasteiger partial charge in [0.1, 0.15) is 0 Å². The van der Waals surface area contributed by atoms with Crippen LogP contribution in [-0.4, -0.2) is 31.2 Å². The van der Waals surface area contributed by atoms with Gasteiger partial charge in [-0.1, -0.05) is 58.4 Å². The number of anilines is 2. The molecule has 4 aromatic rings. The summed E-state index contributed by atoms with van der Waals surface area (Å²) in [5.74, 6) is 1.22. The fraction of sp³-hybridized carbons (Fsp3) is 0.227. The molecule has 4 rings (SSSR count). The first-order valence-electron chi connectivity index (χ1n) is 9.83. The lowest BCUT2D eigenvalue weighted by Gasteiger charge is -2.11. The van der Waals surface area contributed by atoms with E-state index in [1.165, 1.54) is 0 Å². The highest BCUT2D eigenvalue weighted by molar-refractivity contribution is 9.10. The second kappa shape index (κ2) is 9.69. The molecule has 0 aliphatic heterocycles. The number of halogens is 1. The number of hydrogen-bond donors (Lipinski definition) is 3. The summed E-state index contributed by atoms with van der Waals surface area (Å²) in [4.78, 5) is 13.9. The fourth-order valence-corrected chi connectivity index (χ4v) is 3.38. The number of aryl methyl sites for hydroxylation is 1. The minimum atomic E-state index is 0.124. The largest absolute Gasteiger partial charge is 0.396 e. The first-order valence-corrected chi connectivity index (χ1v) is 10.6. The van der Waals surface area contributed by atoms with Crippen molar-refractivity contribution in [2.75, 3.05) is 17.2 Å². The Balaban J connectivity index is 1.60. The molecule has 0 spiro atoms. The molecular formula is C22H23BrN6O. The molecule has 0 amide bonds. The third-order valence-corrected chi connectivity index (χ3v) is 5.22. The molecule has 0 aliphatic rings. The molecule has 2 heterocycles. The van der Waals surface area contributed by atoms with Crippen molar-refractivity contribution < 1.29 is 5.11 Å². The second-order valence-electron chi connectivity index (χ2n) is 6.90. The lowest BCUT2D eigenvalue weighted by Crippen LogP contribution is -2.09. The van der Waals surface area contributed by atoms with Gasteiger partial charge in [-0.3, -0.25) is 0 Å². The minimum Gasteiger partial charge on any atom is -0.396 e. The first kappa shape index (κ1) is 20.3. The van der Waals surface area contributed by atoms with E-state index in [-0.39, 0.29) is 6.61 Å². The molecule has 3 N–H and O–H groups in total. The number of imidazole rings is 1. The van der Waals surface area contributed by atoms with Crippen LogP contribution in [0.25, 0.3) is 11.2 Å². The molecule has 30 heavy (non-hydrogen) atoms. The Morgan fingerprint density at radius 2 is 1.63 bits per heavy atom. The number of nitrogens with one attached hydrogen (secondary N) is 2. The van der Waals surface area contributed by atoms with Crippen LogP contribution in [0.1, 0.15) is 17.5 Å². The molecule has 154 valence electrons. The number of nitrogens with zero attached hydrogens (tertiary/aromatic N) is 4. The topological polar surface area (TPSA) is 87.9 Å². The van der Waals surface area contributed by atoms with E-state index in [1.54, 1.807) is 6.33 Å². The Hall–Kier alpha value is -2.97. The van der Waals surface area contributed by atoms with Gasteiger partial charge in [0.05, 0.1) is 6.33 Å². The number of hydrogen-bond acceptors (Lipinski definition) is 6. The normalized spacial score (nSPS) is 11.0. The molecular weight excluding hydrogens is 444 g/mol. The number of rotatable bonds is 9. The van der Waals surface area contributed by atoms with Crippen LogP contribution < -0.4 is 10.6 Å². The van der Waals surface area contributed by atoms with Crippen molar-refractivity contribution >= 4 is 38.9 Å². The van der Waals surface area contributed by atoms with Crippen LogP contribution in [0, 0.1) is 0 Å². The SMILES string of the molecule is OCCCn1cnc2c(NCc3ccccc3)nc(NCc3ccc(Br)cc3)nc21. The molecule has 0 saturated carbocycles. The highest BCUT2D eigenvalue weighted by atomic mass is 79.9. The van der Waals surface area contributed by atoms with Gasteiger partial charge in [-0.25, -0.2) is 4.98 Å². The first-order chi connectivity index (χ1) is 14.7. The Kier molecular flexibility index (Phi) is 6.56. The van der Waals surface area contributed by atoms with Crippen LogP contribution in [0.3, 0.4) is 0 Å². The standard InChI is InChI=1S/C22H23BrN6O/c23-18-9-7-17(8-10-18)14-25-22-27-20(24-13-16-5-2-1-3-6-16)19-21(28-22)29(15-26-19)11-4-12-30/h1-3,5-10,15,30H,4,11-14H2,(H2,24,25,27,28). The van der Waals surface area contributed by atoms with Gasteiger partial charge in [0.25, 0.3) is 0 Å². The fourth-order valence-electron chi connectivity index (χ4n) is 3.12. The van der Waals surface area contributed by atoms with E-state index in [2.05, 4.69) is 65.8 Å². The summed E-state index contributed by atoms with van der Waals surface area (Å²) in [6, 6.07) is 18.3. The predicted octanol–water partition coefficient (Wildman–Crippen LogP) is 4.20. The van der Waals surface area contributed by atoms with Crippen molar-refractivity contribution in [3.05, 3.63) is 76.5 Å². The van der Waals surface area contributed by atoms with Gasteiger partial charge in [0.15, 0.2) is 17.0 Å². The third-order valence-electron chi connectivity index (χ3n) is 4.69. The average Bonchev–Trinajstić information content (AvgIpc) is 3.19. The van der Waals surface area contributed by atoms with Crippen LogP contribution in [0.5, 0.6) is 0 Å². The predicted molar refractivity (Wildman–Crippen MR) is 122 cm³/mol. The molecule has 0 radical (unpaired) electrons. The lowest BCUT2D eigenvalue weighted by atomic mass is 10.2. The van der Waals surface area contributed by atoms with E-state index in [1.807, 2.05) is 34.9 Å². The summed E-state index contributed by atoms with van der Waals surface area (Å²) in [5, 5.41) is 15.9. The number of fused-ring (bicyclic) bond motifs is 1. The van der Waals surface area contributed by atoms with Gasteiger partial charge in [-0.2, -0.15) is 9.97 Å². The quantitative estimate of drug-likeness (QED) is 0.342. The molecule has 0 atom stereocenters. The zero-order chi connectivity index (χ0) is 20.8. The molecule has 8 heteroatoms. The van der Waals surface area contributed by atoms with Crippen LogP contribution >= 0.6 is 15.9 Å². The maximum atomic E-state index is 9.19.